The first-order valence-corrected chi connectivity index (χ1v) is 10.9. The predicted molar refractivity (Wildman–Crippen MR) is 100 cm³/mol. The van der Waals surface area contributed by atoms with Gasteiger partial charge in [-0.1, -0.05) is 27.2 Å². The minimum Gasteiger partial charge on any atom is -0.393 e. The molecule has 7 atom stereocenters. The van der Waals surface area contributed by atoms with Gasteiger partial charge in [-0.25, -0.2) is 0 Å². The highest BCUT2D eigenvalue weighted by Gasteiger charge is 2.61. The molecule has 0 bridgehead atoms. The van der Waals surface area contributed by atoms with Gasteiger partial charge in [-0.15, -0.1) is 0 Å². The van der Waals surface area contributed by atoms with Crippen LogP contribution in [0.1, 0.15) is 85.0 Å². The van der Waals surface area contributed by atoms with E-state index in [0.29, 0.717) is 23.3 Å². The third-order valence-corrected chi connectivity index (χ3v) is 9.10. The van der Waals surface area contributed by atoms with Crippen LogP contribution in [0.3, 0.4) is 0 Å². The van der Waals surface area contributed by atoms with Crippen molar-refractivity contribution in [3.63, 3.8) is 0 Å². The number of nitrogens with zero attached hydrogens (tertiary/aromatic N) is 1. The van der Waals surface area contributed by atoms with Gasteiger partial charge in [0, 0.05) is 19.0 Å². The maximum Gasteiger partial charge on any atom is 0.222 e. The van der Waals surface area contributed by atoms with Gasteiger partial charge in [0.15, 0.2) is 0 Å². The molecule has 3 heteroatoms. The first kappa shape index (κ1) is 17.8. The molecule has 1 aliphatic heterocycles. The monoisotopic (exact) mass is 347 g/mol. The summed E-state index contributed by atoms with van der Waals surface area (Å²) in [4.78, 5) is 14.9. The topological polar surface area (TPSA) is 40.5 Å². The summed E-state index contributed by atoms with van der Waals surface area (Å²) in [5, 5.41) is 10.6. The number of unbranched alkanes of at least 4 members (excludes halogenated alkanes) is 1. The predicted octanol–water partition coefficient (Wildman–Crippen LogP) is 4.38. The molecule has 3 aliphatic carbocycles. The Morgan fingerprint density at radius 2 is 1.80 bits per heavy atom. The second-order valence-electron chi connectivity index (χ2n) is 10.1. The van der Waals surface area contributed by atoms with E-state index in [2.05, 4.69) is 25.7 Å². The van der Waals surface area contributed by atoms with E-state index in [1.807, 2.05) is 0 Å². The number of carbonyl (C=O) groups is 1. The lowest BCUT2D eigenvalue weighted by molar-refractivity contribution is -0.163. The molecule has 1 saturated heterocycles. The normalized spacial score (nSPS) is 49.5. The Morgan fingerprint density at radius 1 is 1.04 bits per heavy atom. The molecule has 0 aromatic rings. The van der Waals surface area contributed by atoms with Gasteiger partial charge in [0.05, 0.1) is 6.10 Å². The molecule has 0 unspecified atom stereocenters. The summed E-state index contributed by atoms with van der Waals surface area (Å²) in [6, 6.07) is 0.470. The molecular formula is C22H37NO2. The van der Waals surface area contributed by atoms with Gasteiger partial charge < -0.3 is 10.0 Å². The standard InChI is InChI=1S/C22H37NO2/c1-4-5-14-23-18-8-6-15-16-7-9-19(24)22(16,3)12-10-17(15)21(18,2)13-11-20(23)25/h15-19,24H,4-14H2,1-3H3/t15-,16-,17-,18+,19-,21+,22-/m0/s1. The van der Waals surface area contributed by atoms with Gasteiger partial charge in [0.25, 0.3) is 0 Å². The lowest BCUT2D eigenvalue weighted by Gasteiger charge is -2.62. The molecule has 25 heavy (non-hydrogen) atoms. The first-order valence-electron chi connectivity index (χ1n) is 10.9. The fourth-order valence-electron chi connectivity index (χ4n) is 7.57. The van der Waals surface area contributed by atoms with E-state index in [-0.39, 0.29) is 11.5 Å². The molecule has 3 nitrogen and oxygen atoms in total. The zero-order valence-electron chi connectivity index (χ0n) is 16.5. The number of carbonyl (C=O) groups excluding carboxylic acids is 1. The van der Waals surface area contributed by atoms with Gasteiger partial charge in [0.1, 0.15) is 0 Å². The average Bonchev–Trinajstić information content (AvgIpc) is 2.90. The summed E-state index contributed by atoms with van der Waals surface area (Å²) in [7, 11) is 0. The van der Waals surface area contributed by atoms with Crippen LogP contribution in [-0.4, -0.2) is 34.6 Å². The van der Waals surface area contributed by atoms with E-state index in [9.17, 15) is 9.90 Å². The van der Waals surface area contributed by atoms with Crippen LogP contribution in [0.25, 0.3) is 0 Å². The number of likely N-dealkylation sites (tertiary alicyclic amines) is 1. The molecule has 0 radical (unpaired) electrons. The van der Waals surface area contributed by atoms with E-state index in [4.69, 9.17) is 0 Å². The lowest BCUT2D eigenvalue weighted by atomic mass is 9.47. The van der Waals surface area contributed by atoms with Crippen LogP contribution in [0, 0.1) is 28.6 Å². The maximum absolute atomic E-state index is 12.6. The minimum absolute atomic E-state index is 0.0852. The molecule has 0 spiro atoms. The van der Waals surface area contributed by atoms with Crippen LogP contribution in [0.15, 0.2) is 0 Å². The highest BCUT2D eigenvalue weighted by atomic mass is 16.3. The van der Waals surface area contributed by atoms with Crippen molar-refractivity contribution in [1.29, 1.82) is 0 Å². The molecule has 0 aromatic heterocycles. The van der Waals surface area contributed by atoms with Gasteiger partial charge in [0.2, 0.25) is 5.91 Å². The van der Waals surface area contributed by atoms with Crippen LogP contribution in [0.5, 0.6) is 0 Å². The summed E-state index contributed by atoms with van der Waals surface area (Å²) in [5.41, 5.74) is 0.468. The number of hydrogen-bond donors (Lipinski definition) is 1. The van der Waals surface area contributed by atoms with Crippen LogP contribution >= 0.6 is 0 Å². The van der Waals surface area contributed by atoms with Gasteiger partial charge >= 0.3 is 0 Å². The molecule has 142 valence electrons. The quantitative estimate of drug-likeness (QED) is 0.823. The van der Waals surface area contributed by atoms with Crippen molar-refractivity contribution in [2.75, 3.05) is 6.54 Å². The van der Waals surface area contributed by atoms with Crippen molar-refractivity contribution in [2.24, 2.45) is 28.6 Å². The molecule has 4 fully saturated rings. The zero-order valence-corrected chi connectivity index (χ0v) is 16.5. The number of piperidine rings is 1. The van der Waals surface area contributed by atoms with Crippen molar-refractivity contribution in [2.45, 2.75) is 97.1 Å². The summed E-state index contributed by atoms with van der Waals surface area (Å²) >= 11 is 0. The number of hydrogen-bond acceptors (Lipinski definition) is 2. The molecular weight excluding hydrogens is 310 g/mol. The molecule has 1 amide bonds. The fourth-order valence-corrected chi connectivity index (χ4v) is 7.57. The number of aliphatic hydroxyl groups is 1. The zero-order chi connectivity index (χ0) is 17.8. The van der Waals surface area contributed by atoms with Crippen LogP contribution in [-0.2, 0) is 4.79 Å². The number of rotatable bonds is 3. The van der Waals surface area contributed by atoms with E-state index < -0.39 is 0 Å². The Hall–Kier alpha value is -0.570. The average molecular weight is 348 g/mol. The van der Waals surface area contributed by atoms with E-state index in [0.717, 1.165) is 50.5 Å². The van der Waals surface area contributed by atoms with Gasteiger partial charge in [-0.3, -0.25) is 4.79 Å². The maximum atomic E-state index is 12.6. The Balaban J connectivity index is 1.60. The number of amides is 1. The first-order chi connectivity index (χ1) is 11.9. The molecule has 4 aliphatic rings. The van der Waals surface area contributed by atoms with Crippen LogP contribution < -0.4 is 0 Å². The molecule has 4 rings (SSSR count). The van der Waals surface area contributed by atoms with Gasteiger partial charge in [-0.2, -0.15) is 0 Å². The summed E-state index contributed by atoms with van der Waals surface area (Å²) < 4.78 is 0. The Kier molecular flexibility index (Phi) is 4.46. The SMILES string of the molecule is CCCCN1C(=O)CC[C@]2(C)[C@H]3CC[C@]4(C)[C@@H](O)CC[C@H]4[C@@H]3CC[C@@H]12. The second kappa shape index (κ2) is 6.25. The van der Waals surface area contributed by atoms with E-state index in [1.165, 1.54) is 32.1 Å². The third kappa shape index (κ3) is 2.51. The Morgan fingerprint density at radius 3 is 2.56 bits per heavy atom. The van der Waals surface area contributed by atoms with Gasteiger partial charge in [-0.05, 0) is 80.0 Å². The largest absolute Gasteiger partial charge is 0.393 e. The number of fused-ring (bicyclic) bond motifs is 5. The summed E-state index contributed by atoms with van der Waals surface area (Å²) in [5.74, 6) is 2.65. The van der Waals surface area contributed by atoms with Crippen molar-refractivity contribution >= 4 is 5.91 Å². The number of aliphatic hydroxyl groups excluding tert-OH is 1. The van der Waals surface area contributed by atoms with Crippen molar-refractivity contribution in [1.82, 2.24) is 4.90 Å². The van der Waals surface area contributed by atoms with E-state index >= 15 is 0 Å². The van der Waals surface area contributed by atoms with Crippen molar-refractivity contribution < 1.29 is 9.90 Å². The lowest BCUT2D eigenvalue weighted by Crippen LogP contribution is -2.62. The van der Waals surface area contributed by atoms with E-state index in [1.54, 1.807) is 0 Å². The molecule has 1 heterocycles. The molecule has 1 N–H and O–H groups in total. The minimum atomic E-state index is -0.0852. The van der Waals surface area contributed by atoms with Crippen molar-refractivity contribution in [3.05, 3.63) is 0 Å². The fraction of sp³-hybridized carbons (Fsp3) is 0.955. The van der Waals surface area contributed by atoms with Crippen LogP contribution in [0.4, 0.5) is 0 Å². The van der Waals surface area contributed by atoms with Crippen LogP contribution in [0.2, 0.25) is 0 Å². The summed E-state index contributed by atoms with van der Waals surface area (Å²) in [6.07, 6.45) is 11.2. The Labute approximate surface area is 153 Å². The highest BCUT2D eigenvalue weighted by Crippen LogP contribution is 2.64. The molecule has 0 aromatic carbocycles. The Bertz CT molecular complexity index is 534. The highest BCUT2D eigenvalue weighted by molar-refractivity contribution is 5.77. The second-order valence-corrected chi connectivity index (χ2v) is 10.1. The third-order valence-electron chi connectivity index (χ3n) is 9.10. The molecule has 3 saturated carbocycles. The van der Waals surface area contributed by atoms with Crippen molar-refractivity contribution in [3.8, 4) is 0 Å². The summed E-state index contributed by atoms with van der Waals surface area (Å²) in [6.45, 7) is 8.05. The smallest absolute Gasteiger partial charge is 0.222 e.